The molecular weight excluding hydrogens is 290 g/mol. The highest BCUT2D eigenvalue weighted by atomic mass is 35.5. The number of hydrogen-bond acceptors (Lipinski definition) is 4. The van der Waals surface area contributed by atoms with Crippen molar-refractivity contribution >= 4 is 24.1 Å². The summed E-state index contributed by atoms with van der Waals surface area (Å²) in [6.07, 6.45) is 5.29. The van der Waals surface area contributed by atoms with Crippen LogP contribution in [0.15, 0.2) is 18.2 Å². The fraction of sp³-hybridized carbons (Fsp3) is 0.600. The number of unbranched alkanes of at least 4 members (excludes halogenated alkanes) is 2. The maximum atomic E-state index is 12.0. The molecule has 2 heterocycles. The predicted octanol–water partition coefficient (Wildman–Crippen LogP) is 2.76. The van der Waals surface area contributed by atoms with Gasteiger partial charge in [-0.25, -0.2) is 0 Å². The molecule has 2 rings (SSSR count). The van der Waals surface area contributed by atoms with Gasteiger partial charge in [-0.15, -0.1) is 12.4 Å². The largest absolute Gasteiger partial charge is 0.478 e. The third kappa shape index (κ3) is 5.89. The van der Waals surface area contributed by atoms with Crippen molar-refractivity contribution in [3.8, 4) is 5.88 Å². The average Bonchev–Trinajstić information content (AvgIpc) is 2.98. The van der Waals surface area contributed by atoms with Crippen molar-refractivity contribution in [1.82, 2.24) is 10.3 Å². The predicted molar refractivity (Wildman–Crippen MR) is 86.2 cm³/mol. The third-order valence-corrected chi connectivity index (χ3v) is 3.35. The monoisotopic (exact) mass is 313 g/mol. The molecule has 0 aliphatic carbocycles. The van der Waals surface area contributed by atoms with Crippen molar-refractivity contribution in [2.75, 3.05) is 18.5 Å². The number of hydrogen-bond donors (Lipinski definition) is 2. The van der Waals surface area contributed by atoms with Gasteiger partial charge in [-0.2, -0.15) is 4.98 Å². The second kappa shape index (κ2) is 9.58. The average molecular weight is 314 g/mol. The first kappa shape index (κ1) is 17.7. The molecule has 118 valence electrons. The van der Waals surface area contributed by atoms with Crippen LogP contribution in [-0.2, 0) is 4.79 Å². The number of aromatic nitrogens is 1. The van der Waals surface area contributed by atoms with E-state index in [0.717, 1.165) is 32.2 Å². The van der Waals surface area contributed by atoms with E-state index in [2.05, 4.69) is 22.5 Å². The Kier molecular flexibility index (Phi) is 8.08. The summed E-state index contributed by atoms with van der Waals surface area (Å²) >= 11 is 0. The minimum absolute atomic E-state index is 0. The Morgan fingerprint density at radius 3 is 3.05 bits per heavy atom. The molecule has 6 heteroatoms. The van der Waals surface area contributed by atoms with Crippen LogP contribution in [0.25, 0.3) is 0 Å². The van der Waals surface area contributed by atoms with Gasteiger partial charge in [0, 0.05) is 6.07 Å². The molecular formula is C15H24ClN3O2. The van der Waals surface area contributed by atoms with E-state index >= 15 is 0 Å². The molecule has 1 aliphatic rings. The highest BCUT2D eigenvalue weighted by Gasteiger charge is 2.22. The van der Waals surface area contributed by atoms with E-state index in [1.807, 2.05) is 12.1 Å². The highest BCUT2D eigenvalue weighted by Crippen LogP contribution is 2.14. The number of rotatable bonds is 7. The van der Waals surface area contributed by atoms with Crippen molar-refractivity contribution in [3.05, 3.63) is 18.2 Å². The number of carbonyl (C=O) groups is 1. The summed E-state index contributed by atoms with van der Waals surface area (Å²) in [7, 11) is 0. The van der Waals surface area contributed by atoms with Crippen molar-refractivity contribution in [2.24, 2.45) is 0 Å². The molecule has 0 bridgehead atoms. The van der Waals surface area contributed by atoms with Crippen molar-refractivity contribution in [1.29, 1.82) is 0 Å². The molecule has 0 spiro atoms. The Labute approximate surface area is 132 Å². The summed E-state index contributed by atoms with van der Waals surface area (Å²) in [6.45, 7) is 3.74. The van der Waals surface area contributed by atoms with Gasteiger partial charge in [-0.05, 0) is 31.9 Å². The van der Waals surface area contributed by atoms with Gasteiger partial charge in [0.1, 0.15) is 5.82 Å². The molecule has 1 amide bonds. The van der Waals surface area contributed by atoms with Crippen molar-refractivity contribution < 1.29 is 9.53 Å². The van der Waals surface area contributed by atoms with E-state index in [9.17, 15) is 4.79 Å². The zero-order valence-corrected chi connectivity index (χ0v) is 13.2. The summed E-state index contributed by atoms with van der Waals surface area (Å²) in [5, 5.41) is 6.00. The molecule has 1 unspecified atom stereocenters. The Bertz CT molecular complexity index is 437. The summed E-state index contributed by atoms with van der Waals surface area (Å²) in [5.74, 6) is 1.10. The minimum Gasteiger partial charge on any atom is -0.478 e. The molecule has 0 aromatic carbocycles. The molecule has 1 aromatic rings. The minimum atomic E-state index is -0.0917. The van der Waals surface area contributed by atoms with Gasteiger partial charge < -0.3 is 15.4 Å². The lowest BCUT2D eigenvalue weighted by molar-refractivity contribution is -0.117. The first-order valence-corrected chi connectivity index (χ1v) is 7.43. The fourth-order valence-electron chi connectivity index (χ4n) is 2.22. The van der Waals surface area contributed by atoms with Crippen LogP contribution in [0.2, 0.25) is 0 Å². The molecule has 21 heavy (non-hydrogen) atoms. The second-order valence-corrected chi connectivity index (χ2v) is 5.05. The molecule has 1 atom stereocenters. The Morgan fingerprint density at radius 2 is 2.33 bits per heavy atom. The quantitative estimate of drug-likeness (QED) is 0.760. The first-order valence-electron chi connectivity index (χ1n) is 7.43. The summed E-state index contributed by atoms with van der Waals surface area (Å²) < 4.78 is 5.58. The Morgan fingerprint density at radius 1 is 1.48 bits per heavy atom. The second-order valence-electron chi connectivity index (χ2n) is 5.05. The summed E-state index contributed by atoms with van der Waals surface area (Å²) in [4.78, 5) is 16.3. The Balaban J connectivity index is 0.00000220. The van der Waals surface area contributed by atoms with Gasteiger partial charge in [-0.1, -0.05) is 25.8 Å². The number of pyridine rings is 1. The maximum absolute atomic E-state index is 12.0. The lowest BCUT2D eigenvalue weighted by Gasteiger charge is -2.11. The zero-order chi connectivity index (χ0) is 14.2. The van der Waals surface area contributed by atoms with Crippen LogP contribution in [0, 0.1) is 0 Å². The molecule has 1 aromatic heterocycles. The van der Waals surface area contributed by atoms with Gasteiger partial charge in [0.25, 0.3) is 0 Å². The Hall–Kier alpha value is -1.33. The zero-order valence-electron chi connectivity index (χ0n) is 12.4. The number of ether oxygens (including phenoxy) is 1. The smallest absolute Gasteiger partial charge is 0.242 e. The summed E-state index contributed by atoms with van der Waals surface area (Å²) in [5.41, 5.74) is 0. The van der Waals surface area contributed by atoms with Gasteiger partial charge >= 0.3 is 0 Å². The standard InChI is InChI=1S/C15H23N3O2.ClH/c1-2-3-4-11-20-14-9-5-8-13(17-14)18-15(19)12-7-6-10-16-12;/h5,8-9,12,16H,2-4,6-7,10-11H2,1H3,(H,17,18,19);1H. The van der Waals surface area contributed by atoms with E-state index in [0.29, 0.717) is 18.3 Å². The normalized spacial score (nSPS) is 17.1. The number of nitrogens with one attached hydrogen (secondary N) is 2. The van der Waals surface area contributed by atoms with Crippen LogP contribution < -0.4 is 15.4 Å². The summed E-state index contributed by atoms with van der Waals surface area (Å²) in [6, 6.07) is 5.35. The molecule has 0 radical (unpaired) electrons. The topological polar surface area (TPSA) is 63.2 Å². The van der Waals surface area contributed by atoms with Crippen LogP contribution in [0.5, 0.6) is 5.88 Å². The number of amides is 1. The van der Waals surface area contributed by atoms with Crippen LogP contribution >= 0.6 is 12.4 Å². The van der Waals surface area contributed by atoms with Gasteiger partial charge in [0.05, 0.1) is 12.6 Å². The molecule has 2 N–H and O–H groups in total. The fourth-order valence-corrected chi connectivity index (χ4v) is 2.22. The van der Waals surface area contributed by atoms with Crippen LogP contribution in [0.4, 0.5) is 5.82 Å². The van der Waals surface area contributed by atoms with Crippen molar-refractivity contribution in [3.63, 3.8) is 0 Å². The van der Waals surface area contributed by atoms with Crippen molar-refractivity contribution in [2.45, 2.75) is 45.1 Å². The first-order chi connectivity index (χ1) is 9.79. The molecule has 1 saturated heterocycles. The number of halogens is 1. The van der Waals surface area contributed by atoms with E-state index < -0.39 is 0 Å². The number of anilines is 1. The number of carbonyl (C=O) groups excluding carboxylic acids is 1. The van der Waals surface area contributed by atoms with Gasteiger partial charge in [0.15, 0.2) is 0 Å². The maximum Gasteiger partial charge on any atom is 0.242 e. The lowest BCUT2D eigenvalue weighted by atomic mass is 10.2. The molecule has 0 saturated carbocycles. The molecule has 1 aliphatic heterocycles. The lowest BCUT2D eigenvalue weighted by Crippen LogP contribution is -2.35. The molecule has 5 nitrogen and oxygen atoms in total. The van der Waals surface area contributed by atoms with Crippen LogP contribution in [0.1, 0.15) is 39.0 Å². The van der Waals surface area contributed by atoms with Gasteiger partial charge in [0.2, 0.25) is 11.8 Å². The van der Waals surface area contributed by atoms with E-state index in [-0.39, 0.29) is 24.4 Å². The van der Waals surface area contributed by atoms with E-state index in [1.165, 1.54) is 6.42 Å². The SMILES string of the molecule is CCCCCOc1cccc(NC(=O)C2CCCN2)n1.Cl. The number of nitrogens with zero attached hydrogens (tertiary/aromatic N) is 1. The van der Waals surface area contributed by atoms with Crippen LogP contribution in [0.3, 0.4) is 0 Å². The van der Waals surface area contributed by atoms with E-state index in [4.69, 9.17) is 4.74 Å². The molecule has 1 fully saturated rings. The van der Waals surface area contributed by atoms with Crippen LogP contribution in [-0.4, -0.2) is 30.1 Å². The van der Waals surface area contributed by atoms with Gasteiger partial charge in [-0.3, -0.25) is 4.79 Å². The third-order valence-electron chi connectivity index (χ3n) is 3.35. The highest BCUT2D eigenvalue weighted by molar-refractivity contribution is 5.94. The van der Waals surface area contributed by atoms with E-state index in [1.54, 1.807) is 6.07 Å².